The summed E-state index contributed by atoms with van der Waals surface area (Å²) in [6, 6.07) is 17.4. The maximum absolute atomic E-state index is 2.23. The van der Waals surface area contributed by atoms with Gasteiger partial charge in [-0.15, -0.1) is 0 Å². The number of hydrogen-bond acceptors (Lipinski definition) is 4. The standard InChI is InChI=1S/C13H8S4.2B/c1-2-6-10-9(5-1)14-13(15-10)16-11-7-3-4-8-12(11)17-13;;/h1-8H;;. The molecule has 2 heterocycles. The third-order valence-electron chi connectivity index (χ3n) is 2.64. The molecule has 2 aromatic rings. The second kappa shape index (κ2) is 5.76. The van der Waals surface area contributed by atoms with E-state index in [-0.39, 0.29) is 19.6 Å². The Morgan fingerprint density at radius 3 is 1.05 bits per heavy atom. The normalized spacial score (nSPS) is 17.3. The zero-order valence-corrected chi connectivity index (χ0v) is 13.2. The lowest BCUT2D eigenvalue weighted by Gasteiger charge is -2.17. The van der Waals surface area contributed by atoms with E-state index in [0.29, 0.717) is 0 Å². The van der Waals surface area contributed by atoms with Crippen LogP contribution in [0.3, 0.4) is 0 Å². The Labute approximate surface area is 134 Å². The fraction of sp³-hybridized carbons (Fsp3) is 0.0769. The predicted molar refractivity (Wildman–Crippen MR) is 90.6 cm³/mol. The molecule has 2 aliphatic heterocycles. The van der Waals surface area contributed by atoms with Crippen molar-refractivity contribution in [1.82, 2.24) is 0 Å². The van der Waals surface area contributed by atoms with Crippen LogP contribution in [-0.4, -0.2) is 19.6 Å². The average molecular weight is 314 g/mol. The summed E-state index contributed by atoms with van der Waals surface area (Å²) in [4.78, 5) is 5.69. The quantitative estimate of drug-likeness (QED) is 0.650. The first kappa shape index (κ1) is 15.4. The second-order valence-electron chi connectivity index (χ2n) is 3.80. The average Bonchev–Trinajstić information content (AvgIpc) is 2.87. The fourth-order valence-electron chi connectivity index (χ4n) is 1.90. The van der Waals surface area contributed by atoms with Crippen LogP contribution in [0.4, 0.5) is 0 Å². The molecule has 0 N–H and O–H groups in total. The summed E-state index contributed by atoms with van der Waals surface area (Å²) in [6.45, 7) is 0. The van der Waals surface area contributed by atoms with Crippen molar-refractivity contribution in [3.05, 3.63) is 48.5 Å². The summed E-state index contributed by atoms with van der Waals surface area (Å²) in [7, 11) is 0. The van der Waals surface area contributed by atoms with Crippen LogP contribution in [0.15, 0.2) is 68.1 Å². The van der Waals surface area contributed by atoms with Crippen LogP contribution in [0.2, 0.25) is 0 Å². The van der Waals surface area contributed by atoms with Crippen molar-refractivity contribution in [2.75, 3.05) is 0 Å². The molecule has 2 aliphatic rings. The van der Waals surface area contributed by atoms with Gasteiger partial charge < -0.3 is 0 Å². The summed E-state index contributed by atoms with van der Waals surface area (Å²) < 4.78 is 0.174. The minimum Gasteiger partial charge on any atom is -0.0842 e. The minimum absolute atomic E-state index is 0. The van der Waals surface area contributed by atoms with Crippen LogP contribution in [0.1, 0.15) is 0 Å². The molecule has 0 saturated carbocycles. The van der Waals surface area contributed by atoms with Crippen molar-refractivity contribution in [1.29, 1.82) is 0 Å². The van der Waals surface area contributed by atoms with Gasteiger partial charge in [-0.1, -0.05) is 71.3 Å². The molecule has 0 unspecified atom stereocenters. The van der Waals surface area contributed by atoms with E-state index < -0.39 is 0 Å². The van der Waals surface area contributed by atoms with Gasteiger partial charge in [0.2, 0.25) is 0 Å². The lowest BCUT2D eigenvalue weighted by molar-refractivity contribution is 1.27. The molecular weight excluding hydrogens is 306 g/mol. The Hall–Kier alpha value is -0.0301. The van der Waals surface area contributed by atoms with Crippen molar-refractivity contribution in [2.45, 2.75) is 22.3 Å². The van der Waals surface area contributed by atoms with Crippen LogP contribution in [0, 0.1) is 0 Å². The third kappa shape index (κ3) is 2.60. The summed E-state index contributed by atoms with van der Waals surface area (Å²) in [6.07, 6.45) is 0. The molecule has 4 rings (SSSR count). The van der Waals surface area contributed by atoms with Gasteiger partial charge in [-0.05, 0) is 24.3 Å². The lowest BCUT2D eigenvalue weighted by atomic mass is 10.4. The van der Waals surface area contributed by atoms with Gasteiger partial charge in [-0.2, -0.15) is 0 Å². The van der Waals surface area contributed by atoms with Crippen LogP contribution < -0.4 is 0 Å². The van der Waals surface area contributed by atoms with Gasteiger partial charge in [0.25, 0.3) is 0 Å². The Morgan fingerprint density at radius 2 is 0.789 bits per heavy atom. The third-order valence-corrected chi connectivity index (χ3v) is 9.20. The van der Waals surface area contributed by atoms with Crippen LogP contribution in [0.5, 0.6) is 0 Å². The Bertz CT molecular complexity index is 496. The maximum Gasteiger partial charge on any atom is 0.171 e. The first-order valence-corrected chi connectivity index (χ1v) is 8.55. The highest BCUT2D eigenvalue weighted by molar-refractivity contribution is 8.50. The van der Waals surface area contributed by atoms with Gasteiger partial charge in [0.1, 0.15) is 0 Å². The molecule has 0 nitrogen and oxygen atoms in total. The van der Waals surface area contributed by atoms with E-state index in [2.05, 4.69) is 48.5 Å². The Balaban J connectivity index is 0.000000667. The number of hydrogen-bond donors (Lipinski definition) is 0. The van der Waals surface area contributed by atoms with Crippen molar-refractivity contribution in [3.8, 4) is 0 Å². The van der Waals surface area contributed by atoms with Crippen LogP contribution >= 0.6 is 47.0 Å². The zero-order valence-electron chi connectivity index (χ0n) is 9.91. The van der Waals surface area contributed by atoms with E-state index in [4.69, 9.17) is 0 Å². The Morgan fingerprint density at radius 1 is 0.526 bits per heavy atom. The molecular formula is C13H8B2S4. The largest absolute Gasteiger partial charge is 0.171 e. The number of thioether (sulfide) groups is 4. The molecule has 0 fully saturated rings. The maximum atomic E-state index is 2.23. The van der Waals surface area contributed by atoms with Crippen molar-refractivity contribution in [3.63, 3.8) is 0 Å². The minimum atomic E-state index is 0. The highest BCUT2D eigenvalue weighted by atomic mass is 32.3. The molecule has 0 atom stereocenters. The molecule has 19 heavy (non-hydrogen) atoms. The van der Waals surface area contributed by atoms with E-state index in [1.165, 1.54) is 19.6 Å². The molecule has 0 aromatic heterocycles. The van der Waals surface area contributed by atoms with Crippen molar-refractivity contribution < 1.29 is 0 Å². The summed E-state index contributed by atoms with van der Waals surface area (Å²) in [5, 5.41) is 0. The van der Waals surface area contributed by atoms with Gasteiger partial charge >= 0.3 is 0 Å². The summed E-state index contributed by atoms with van der Waals surface area (Å²) in [5.41, 5.74) is 0. The summed E-state index contributed by atoms with van der Waals surface area (Å²) >= 11 is 7.97. The topological polar surface area (TPSA) is 0 Å². The van der Waals surface area contributed by atoms with E-state index >= 15 is 0 Å². The van der Waals surface area contributed by atoms with E-state index in [1.54, 1.807) is 0 Å². The van der Waals surface area contributed by atoms with Gasteiger partial charge in [-0.25, -0.2) is 0 Å². The van der Waals surface area contributed by atoms with Crippen LogP contribution in [0.25, 0.3) is 0 Å². The predicted octanol–water partition coefficient (Wildman–Crippen LogP) is 4.63. The molecule has 6 heteroatoms. The highest BCUT2D eigenvalue weighted by Gasteiger charge is 2.46. The molecule has 0 amide bonds. The van der Waals surface area contributed by atoms with E-state index in [0.717, 1.165) is 0 Å². The van der Waals surface area contributed by atoms with Crippen molar-refractivity contribution in [2.24, 2.45) is 0 Å². The molecule has 0 bridgehead atoms. The Kier molecular flexibility index (Phi) is 4.66. The zero-order chi connectivity index (χ0) is 11.3. The van der Waals surface area contributed by atoms with Crippen molar-refractivity contribution >= 4 is 63.9 Å². The SMILES string of the molecule is [B].[B].c1ccc2c(c1)SC1(S2)Sc2ccccc2S1. The van der Waals surface area contributed by atoms with Gasteiger partial charge in [0, 0.05) is 36.4 Å². The molecule has 0 saturated heterocycles. The van der Waals surface area contributed by atoms with E-state index in [1.807, 2.05) is 47.0 Å². The monoisotopic (exact) mass is 314 g/mol. The molecule has 0 aliphatic carbocycles. The first-order chi connectivity index (χ1) is 8.35. The van der Waals surface area contributed by atoms with E-state index in [9.17, 15) is 0 Å². The fourth-order valence-corrected chi connectivity index (χ4v) is 8.97. The first-order valence-electron chi connectivity index (χ1n) is 5.29. The van der Waals surface area contributed by atoms with Gasteiger partial charge in [-0.3, -0.25) is 0 Å². The molecule has 1 spiro atoms. The van der Waals surface area contributed by atoms with Gasteiger partial charge in [0.05, 0.1) is 0 Å². The molecule has 90 valence electrons. The van der Waals surface area contributed by atoms with Gasteiger partial charge in [0.15, 0.2) is 2.74 Å². The summed E-state index contributed by atoms with van der Waals surface area (Å²) in [5.74, 6) is 0. The smallest absolute Gasteiger partial charge is 0.0842 e. The highest BCUT2D eigenvalue weighted by Crippen LogP contribution is 2.73. The van der Waals surface area contributed by atoms with Crippen LogP contribution in [-0.2, 0) is 0 Å². The number of fused-ring (bicyclic) bond motifs is 2. The molecule has 2 aromatic carbocycles. The lowest BCUT2D eigenvalue weighted by Crippen LogP contribution is -1.98. The molecule has 6 radical (unpaired) electrons. The number of benzene rings is 2. The second-order valence-corrected chi connectivity index (χ2v) is 10.4. The number of rotatable bonds is 0.